The van der Waals surface area contributed by atoms with E-state index in [9.17, 15) is 12.8 Å². The summed E-state index contributed by atoms with van der Waals surface area (Å²) in [4.78, 5) is 4.52. The quantitative estimate of drug-likeness (QED) is 0.628. The van der Waals surface area contributed by atoms with Gasteiger partial charge in [-0.1, -0.05) is 18.2 Å². The first kappa shape index (κ1) is 20.9. The van der Waals surface area contributed by atoms with Gasteiger partial charge < -0.3 is 9.47 Å². The van der Waals surface area contributed by atoms with Gasteiger partial charge in [-0.3, -0.25) is 9.71 Å². The van der Waals surface area contributed by atoms with E-state index in [0.717, 1.165) is 17.5 Å². The molecule has 0 amide bonds. The van der Waals surface area contributed by atoms with Gasteiger partial charge in [0.15, 0.2) is 0 Å². The second-order valence-corrected chi connectivity index (χ2v) is 8.64. The molecule has 0 fully saturated rings. The molecule has 1 aliphatic heterocycles. The molecular weight excluding hydrogens is 419 g/mol. The molecular formula is C23H21FN2O4S. The highest BCUT2D eigenvalue weighted by Gasteiger charge is 2.22. The van der Waals surface area contributed by atoms with Gasteiger partial charge in [-0.05, 0) is 48.4 Å². The third kappa shape index (κ3) is 4.25. The SMILES string of the molecule is COc1ccc(OC)c(S(=O)(=O)Nc2cccc(C3=NCCc4ccc(F)cc43)c2)c1. The molecule has 1 N–H and O–H groups in total. The molecule has 0 saturated heterocycles. The van der Waals surface area contributed by atoms with Crippen molar-refractivity contribution in [2.45, 2.75) is 11.3 Å². The van der Waals surface area contributed by atoms with Crippen molar-refractivity contribution in [1.29, 1.82) is 0 Å². The number of benzene rings is 3. The van der Waals surface area contributed by atoms with Crippen molar-refractivity contribution in [2.75, 3.05) is 25.5 Å². The fourth-order valence-electron chi connectivity index (χ4n) is 3.54. The molecule has 0 aliphatic carbocycles. The Labute approximate surface area is 180 Å². The maximum absolute atomic E-state index is 13.8. The van der Waals surface area contributed by atoms with E-state index >= 15 is 0 Å². The topological polar surface area (TPSA) is 77.0 Å². The van der Waals surface area contributed by atoms with Crippen molar-refractivity contribution < 1.29 is 22.3 Å². The summed E-state index contributed by atoms with van der Waals surface area (Å²) in [6, 6.07) is 16.1. The Morgan fingerprint density at radius 1 is 1.00 bits per heavy atom. The summed E-state index contributed by atoms with van der Waals surface area (Å²) in [5.74, 6) is 0.256. The standard InChI is InChI=1S/C23H21FN2O4S/c1-29-19-8-9-21(30-2)22(14-19)31(27,28)26-18-5-3-4-16(12-18)23-20-13-17(24)7-6-15(20)10-11-25-23/h3-9,12-14,26H,10-11H2,1-2H3. The number of sulfonamides is 1. The first-order valence-corrected chi connectivity index (χ1v) is 11.1. The zero-order chi connectivity index (χ0) is 22.0. The van der Waals surface area contributed by atoms with E-state index in [1.807, 2.05) is 6.07 Å². The highest BCUT2D eigenvalue weighted by molar-refractivity contribution is 7.92. The van der Waals surface area contributed by atoms with Crippen molar-refractivity contribution in [1.82, 2.24) is 0 Å². The predicted molar refractivity (Wildman–Crippen MR) is 117 cm³/mol. The van der Waals surface area contributed by atoms with E-state index in [0.29, 0.717) is 29.3 Å². The third-order valence-corrected chi connectivity index (χ3v) is 6.43. The first-order chi connectivity index (χ1) is 14.9. The molecule has 4 rings (SSSR count). The molecule has 0 aromatic heterocycles. The number of anilines is 1. The first-order valence-electron chi connectivity index (χ1n) is 9.60. The lowest BCUT2D eigenvalue weighted by molar-refractivity contribution is 0.392. The van der Waals surface area contributed by atoms with E-state index in [1.165, 1.54) is 38.5 Å². The number of ether oxygens (including phenoxy) is 2. The van der Waals surface area contributed by atoms with Gasteiger partial charge in [-0.25, -0.2) is 12.8 Å². The van der Waals surface area contributed by atoms with Crippen molar-refractivity contribution in [3.05, 3.63) is 83.2 Å². The minimum Gasteiger partial charge on any atom is -0.497 e. The molecule has 160 valence electrons. The Balaban J connectivity index is 1.69. The number of fused-ring (bicyclic) bond motifs is 1. The van der Waals surface area contributed by atoms with E-state index in [2.05, 4.69) is 9.71 Å². The minimum absolute atomic E-state index is 0.0397. The molecule has 3 aromatic rings. The summed E-state index contributed by atoms with van der Waals surface area (Å²) in [7, 11) is -1.10. The van der Waals surface area contributed by atoms with E-state index in [1.54, 1.807) is 30.3 Å². The number of halogens is 1. The molecule has 8 heteroatoms. The lowest BCUT2D eigenvalue weighted by Gasteiger charge is -2.18. The van der Waals surface area contributed by atoms with Crippen LogP contribution >= 0.6 is 0 Å². The second kappa shape index (κ2) is 8.39. The molecule has 31 heavy (non-hydrogen) atoms. The molecule has 1 aliphatic rings. The Kier molecular flexibility index (Phi) is 5.65. The van der Waals surface area contributed by atoms with Crippen LogP contribution in [0.25, 0.3) is 0 Å². The lowest BCUT2D eigenvalue weighted by Crippen LogP contribution is -2.16. The molecule has 6 nitrogen and oxygen atoms in total. The smallest absolute Gasteiger partial charge is 0.265 e. The van der Waals surface area contributed by atoms with Gasteiger partial charge in [0.05, 0.1) is 19.9 Å². The molecule has 0 radical (unpaired) electrons. The van der Waals surface area contributed by atoms with E-state index in [4.69, 9.17) is 9.47 Å². The molecule has 0 unspecified atom stereocenters. The number of aliphatic imine (C=N–C) groups is 1. The van der Waals surface area contributed by atoms with Crippen molar-refractivity contribution in [3.63, 3.8) is 0 Å². The van der Waals surface area contributed by atoms with E-state index < -0.39 is 10.0 Å². The number of nitrogens with one attached hydrogen (secondary N) is 1. The molecule has 0 bridgehead atoms. The lowest BCUT2D eigenvalue weighted by atomic mass is 9.93. The maximum Gasteiger partial charge on any atom is 0.265 e. The molecule has 3 aromatic carbocycles. The van der Waals surface area contributed by atoms with Crippen LogP contribution in [-0.2, 0) is 16.4 Å². The van der Waals surface area contributed by atoms with Crippen LogP contribution in [0.5, 0.6) is 11.5 Å². The summed E-state index contributed by atoms with van der Waals surface area (Å²) in [5.41, 5.74) is 3.43. The van der Waals surface area contributed by atoms with Gasteiger partial charge in [0.1, 0.15) is 22.2 Å². The number of hydrogen-bond acceptors (Lipinski definition) is 5. The normalized spacial score (nSPS) is 13.2. The van der Waals surface area contributed by atoms with Crippen molar-refractivity contribution >= 4 is 21.4 Å². The zero-order valence-electron chi connectivity index (χ0n) is 17.1. The minimum atomic E-state index is -3.96. The van der Waals surface area contributed by atoms with Crippen molar-refractivity contribution in [2.24, 2.45) is 4.99 Å². The summed E-state index contributed by atoms with van der Waals surface area (Å²) in [6.07, 6.45) is 0.737. The molecule has 0 atom stereocenters. The highest BCUT2D eigenvalue weighted by Crippen LogP contribution is 2.30. The van der Waals surface area contributed by atoms with Crippen LogP contribution in [0.1, 0.15) is 16.7 Å². The monoisotopic (exact) mass is 440 g/mol. The van der Waals surface area contributed by atoms with Gasteiger partial charge in [0.2, 0.25) is 0 Å². The van der Waals surface area contributed by atoms with Gasteiger partial charge in [-0.2, -0.15) is 0 Å². The van der Waals surface area contributed by atoms with Gasteiger partial charge in [0, 0.05) is 29.4 Å². The summed E-state index contributed by atoms with van der Waals surface area (Å²) in [5, 5.41) is 0. The number of methoxy groups -OCH3 is 2. The van der Waals surface area contributed by atoms with Crippen LogP contribution in [0, 0.1) is 5.82 Å². The van der Waals surface area contributed by atoms with Crippen LogP contribution < -0.4 is 14.2 Å². The summed E-state index contributed by atoms with van der Waals surface area (Å²) in [6.45, 7) is 0.588. The Morgan fingerprint density at radius 3 is 2.61 bits per heavy atom. The fourth-order valence-corrected chi connectivity index (χ4v) is 4.78. The Bertz CT molecular complexity index is 1270. The predicted octanol–water partition coefficient (Wildman–Crippen LogP) is 4.04. The molecule has 1 heterocycles. The maximum atomic E-state index is 13.8. The average Bonchev–Trinajstić information content (AvgIpc) is 2.78. The van der Waals surface area contributed by atoms with Crippen molar-refractivity contribution in [3.8, 4) is 11.5 Å². The number of rotatable bonds is 6. The van der Waals surface area contributed by atoms with Gasteiger partial charge >= 0.3 is 0 Å². The average molecular weight is 440 g/mol. The zero-order valence-corrected chi connectivity index (χ0v) is 17.9. The van der Waals surface area contributed by atoms with Crippen LogP contribution in [0.15, 0.2) is 70.6 Å². The highest BCUT2D eigenvalue weighted by atomic mass is 32.2. The van der Waals surface area contributed by atoms with Crippen LogP contribution in [-0.4, -0.2) is 34.9 Å². The van der Waals surface area contributed by atoms with Crippen LogP contribution in [0.2, 0.25) is 0 Å². The summed E-state index contributed by atoms with van der Waals surface area (Å²) < 4.78 is 52.9. The number of hydrogen-bond donors (Lipinski definition) is 1. The Morgan fingerprint density at radius 2 is 1.84 bits per heavy atom. The van der Waals surface area contributed by atoms with Crippen LogP contribution in [0.3, 0.4) is 0 Å². The number of nitrogens with zero attached hydrogens (tertiary/aromatic N) is 1. The molecule has 0 saturated carbocycles. The molecule has 0 spiro atoms. The van der Waals surface area contributed by atoms with Gasteiger partial charge in [0.25, 0.3) is 10.0 Å². The fraction of sp³-hybridized carbons (Fsp3) is 0.174. The Hall–Kier alpha value is -3.39. The third-order valence-electron chi connectivity index (χ3n) is 5.03. The van der Waals surface area contributed by atoms with Gasteiger partial charge in [-0.15, -0.1) is 0 Å². The summed E-state index contributed by atoms with van der Waals surface area (Å²) >= 11 is 0. The van der Waals surface area contributed by atoms with Crippen LogP contribution in [0.4, 0.5) is 10.1 Å². The van der Waals surface area contributed by atoms with E-state index in [-0.39, 0.29) is 16.5 Å². The second-order valence-electron chi connectivity index (χ2n) is 6.98. The largest absolute Gasteiger partial charge is 0.497 e.